The number of halogens is 2. The summed E-state index contributed by atoms with van der Waals surface area (Å²) in [4.78, 5) is 13.6. The van der Waals surface area contributed by atoms with Crippen LogP contribution in [-0.2, 0) is 4.79 Å². The zero-order valence-electron chi connectivity index (χ0n) is 13.9. The van der Waals surface area contributed by atoms with Crippen molar-refractivity contribution in [2.24, 2.45) is 0 Å². The van der Waals surface area contributed by atoms with Crippen molar-refractivity contribution >= 4 is 29.1 Å². The van der Waals surface area contributed by atoms with Crippen molar-refractivity contribution in [1.29, 1.82) is 0 Å². The molecule has 0 aliphatic rings. The van der Waals surface area contributed by atoms with Crippen molar-refractivity contribution in [3.8, 4) is 11.5 Å². The Bertz CT molecular complexity index is 739. The van der Waals surface area contributed by atoms with Gasteiger partial charge in [0.25, 0.3) is 5.91 Å². The predicted octanol–water partition coefficient (Wildman–Crippen LogP) is 3.57. The SMILES string of the molecule is COc1cccc(C(O)CN(C)C(=O)COc2cc(Cl)ccc2Cl)c1. The number of nitrogens with zero attached hydrogens (tertiary/aromatic N) is 1. The lowest BCUT2D eigenvalue weighted by Gasteiger charge is -2.21. The van der Waals surface area contributed by atoms with E-state index in [1.807, 2.05) is 0 Å². The molecule has 2 aromatic rings. The van der Waals surface area contributed by atoms with Crippen LogP contribution < -0.4 is 9.47 Å². The van der Waals surface area contributed by atoms with E-state index in [4.69, 9.17) is 32.7 Å². The molecule has 0 spiro atoms. The topological polar surface area (TPSA) is 59.0 Å². The summed E-state index contributed by atoms with van der Waals surface area (Å²) in [5.74, 6) is 0.687. The molecule has 0 heterocycles. The molecule has 0 saturated heterocycles. The van der Waals surface area contributed by atoms with Gasteiger partial charge in [-0.25, -0.2) is 0 Å². The Morgan fingerprint density at radius 1 is 1.24 bits per heavy atom. The van der Waals surface area contributed by atoms with Crippen molar-refractivity contribution in [3.63, 3.8) is 0 Å². The third-order valence-electron chi connectivity index (χ3n) is 3.60. The highest BCUT2D eigenvalue weighted by atomic mass is 35.5. The second-order valence-electron chi connectivity index (χ2n) is 5.43. The van der Waals surface area contributed by atoms with Crippen molar-refractivity contribution in [3.05, 3.63) is 58.1 Å². The molecule has 0 bridgehead atoms. The molecule has 134 valence electrons. The molecule has 1 N–H and O–H groups in total. The standard InChI is InChI=1S/C18H19Cl2NO4/c1-21(10-16(22)12-4-3-5-14(8-12)24-2)18(23)11-25-17-9-13(19)6-7-15(17)20/h3-9,16,22H,10-11H2,1-2H3. The summed E-state index contributed by atoms with van der Waals surface area (Å²) in [7, 11) is 3.15. The molecule has 0 radical (unpaired) electrons. The fourth-order valence-corrected chi connectivity index (χ4v) is 2.49. The maximum atomic E-state index is 12.2. The van der Waals surface area contributed by atoms with Gasteiger partial charge < -0.3 is 19.5 Å². The zero-order valence-corrected chi connectivity index (χ0v) is 15.4. The Balaban J connectivity index is 1.92. The normalized spacial score (nSPS) is 11.7. The van der Waals surface area contributed by atoms with Gasteiger partial charge in [0, 0.05) is 18.1 Å². The van der Waals surface area contributed by atoms with E-state index >= 15 is 0 Å². The second-order valence-corrected chi connectivity index (χ2v) is 6.27. The van der Waals surface area contributed by atoms with Gasteiger partial charge in [-0.15, -0.1) is 0 Å². The molecule has 25 heavy (non-hydrogen) atoms. The lowest BCUT2D eigenvalue weighted by molar-refractivity contribution is -0.133. The molecule has 5 nitrogen and oxygen atoms in total. The van der Waals surface area contributed by atoms with Gasteiger partial charge in [-0.3, -0.25) is 4.79 Å². The lowest BCUT2D eigenvalue weighted by Crippen LogP contribution is -2.34. The molecular weight excluding hydrogens is 365 g/mol. The molecular formula is C18H19Cl2NO4. The highest BCUT2D eigenvalue weighted by molar-refractivity contribution is 6.34. The largest absolute Gasteiger partial charge is 0.497 e. The van der Waals surface area contributed by atoms with Crippen molar-refractivity contribution in [2.75, 3.05) is 27.3 Å². The molecule has 1 atom stereocenters. The van der Waals surface area contributed by atoms with Gasteiger partial charge in [-0.1, -0.05) is 35.3 Å². The molecule has 0 saturated carbocycles. The lowest BCUT2D eigenvalue weighted by atomic mass is 10.1. The Hall–Kier alpha value is -1.95. The molecule has 2 rings (SSSR count). The summed E-state index contributed by atoms with van der Waals surface area (Å²) in [6.07, 6.45) is -0.834. The number of carbonyl (C=O) groups excluding carboxylic acids is 1. The third-order valence-corrected chi connectivity index (χ3v) is 4.14. The predicted molar refractivity (Wildman–Crippen MR) is 97.5 cm³/mol. The van der Waals surface area contributed by atoms with Crippen LogP contribution in [0.1, 0.15) is 11.7 Å². The van der Waals surface area contributed by atoms with E-state index in [1.165, 1.54) is 4.90 Å². The monoisotopic (exact) mass is 383 g/mol. The number of hydrogen-bond acceptors (Lipinski definition) is 4. The molecule has 0 fully saturated rings. The average Bonchev–Trinajstić information content (AvgIpc) is 2.62. The first kappa shape index (κ1) is 19.4. The highest BCUT2D eigenvalue weighted by Gasteiger charge is 2.17. The van der Waals surface area contributed by atoms with Crippen LogP contribution >= 0.6 is 23.2 Å². The van der Waals surface area contributed by atoms with E-state index in [2.05, 4.69) is 0 Å². The number of hydrogen-bond donors (Lipinski definition) is 1. The van der Waals surface area contributed by atoms with Crippen LogP contribution in [-0.4, -0.2) is 43.2 Å². The summed E-state index contributed by atoms with van der Waals surface area (Å²) >= 11 is 11.9. The quantitative estimate of drug-likeness (QED) is 0.793. The molecule has 1 unspecified atom stereocenters. The summed E-state index contributed by atoms with van der Waals surface area (Å²) in [6.45, 7) is -0.0833. The summed E-state index contributed by atoms with van der Waals surface area (Å²) < 4.78 is 10.5. The second kappa shape index (κ2) is 8.94. The number of likely N-dealkylation sites (N-methyl/N-ethyl adjacent to an activating group) is 1. The molecule has 0 aromatic heterocycles. The molecule has 0 aliphatic heterocycles. The van der Waals surface area contributed by atoms with E-state index in [-0.39, 0.29) is 19.1 Å². The fraction of sp³-hybridized carbons (Fsp3) is 0.278. The van der Waals surface area contributed by atoms with Crippen LogP contribution in [0.2, 0.25) is 10.0 Å². The molecule has 7 heteroatoms. The van der Waals surface area contributed by atoms with Crippen LogP contribution in [0.5, 0.6) is 11.5 Å². The van der Waals surface area contributed by atoms with Crippen molar-refractivity contribution in [1.82, 2.24) is 4.90 Å². The zero-order chi connectivity index (χ0) is 18.4. The van der Waals surface area contributed by atoms with E-state index in [0.29, 0.717) is 27.1 Å². The third kappa shape index (κ3) is 5.53. The Kier molecular flexibility index (Phi) is 6.93. The van der Waals surface area contributed by atoms with Gasteiger partial charge >= 0.3 is 0 Å². The van der Waals surface area contributed by atoms with Gasteiger partial charge in [0.15, 0.2) is 6.61 Å². The fourth-order valence-electron chi connectivity index (χ4n) is 2.15. The van der Waals surface area contributed by atoms with Gasteiger partial charge in [0.05, 0.1) is 24.8 Å². The maximum Gasteiger partial charge on any atom is 0.260 e. The number of methoxy groups -OCH3 is 1. The van der Waals surface area contributed by atoms with E-state index in [9.17, 15) is 9.90 Å². The first-order chi connectivity index (χ1) is 11.9. The number of carbonyl (C=O) groups is 1. The summed E-state index contributed by atoms with van der Waals surface area (Å²) in [5.41, 5.74) is 0.665. The number of ether oxygens (including phenoxy) is 2. The minimum absolute atomic E-state index is 0.124. The Morgan fingerprint density at radius 3 is 2.72 bits per heavy atom. The number of rotatable bonds is 7. The van der Waals surface area contributed by atoms with E-state index < -0.39 is 6.10 Å². The first-order valence-electron chi connectivity index (χ1n) is 7.54. The van der Waals surface area contributed by atoms with Gasteiger partial charge in [0.1, 0.15) is 11.5 Å². The van der Waals surface area contributed by atoms with Crippen molar-refractivity contribution < 1.29 is 19.4 Å². The minimum Gasteiger partial charge on any atom is -0.497 e. The van der Waals surface area contributed by atoms with E-state index in [0.717, 1.165) is 0 Å². The Morgan fingerprint density at radius 2 is 2.00 bits per heavy atom. The highest BCUT2D eigenvalue weighted by Crippen LogP contribution is 2.27. The van der Waals surface area contributed by atoms with Crippen LogP contribution in [0, 0.1) is 0 Å². The van der Waals surface area contributed by atoms with E-state index in [1.54, 1.807) is 56.6 Å². The van der Waals surface area contributed by atoms with Gasteiger partial charge in [-0.05, 0) is 29.8 Å². The number of amides is 1. The number of benzene rings is 2. The van der Waals surface area contributed by atoms with Crippen molar-refractivity contribution in [2.45, 2.75) is 6.10 Å². The average molecular weight is 384 g/mol. The maximum absolute atomic E-state index is 12.2. The smallest absolute Gasteiger partial charge is 0.260 e. The number of aliphatic hydroxyl groups is 1. The summed E-state index contributed by atoms with van der Waals surface area (Å²) in [6, 6.07) is 11.8. The van der Waals surface area contributed by atoms with Gasteiger partial charge in [-0.2, -0.15) is 0 Å². The molecule has 2 aromatic carbocycles. The number of aliphatic hydroxyl groups excluding tert-OH is 1. The molecule has 0 aliphatic carbocycles. The van der Waals surface area contributed by atoms with Crippen LogP contribution in [0.4, 0.5) is 0 Å². The first-order valence-corrected chi connectivity index (χ1v) is 8.30. The molecule has 1 amide bonds. The summed E-state index contributed by atoms with van der Waals surface area (Å²) in [5, 5.41) is 11.1. The van der Waals surface area contributed by atoms with Gasteiger partial charge in [0.2, 0.25) is 0 Å². The van der Waals surface area contributed by atoms with Crippen LogP contribution in [0.3, 0.4) is 0 Å². The Labute approximate surface area is 156 Å². The van der Waals surface area contributed by atoms with Crippen LogP contribution in [0.15, 0.2) is 42.5 Å². The minimum atomic E-state index is -0.834. The van der Waals surface area contributed by atoms with Crippen LogP contribution in [0.25, 0.3) is 0 Å².